The number of benzene rings is 1. The monoisotopic (exact) mass is 424 g/mol. The summed E-state index contributed by atoms with van der Waals surface area (Å²) in [5, 5.41) is 3.68. The molecule has 0 spiro atoms. The van der Waals surface area contributed by atoms with Crippen LogP contribution in [-0.4, -0.2) is 60.2 Å². The Morgan fingerprint density at radius 3 is 2.90 bits per heavy atom. The van der Waals surface area contributed by atoms with Crippen molar-refractivity contribution in [2.75, 3.05) is 44.8 Å². The smallest absolute Gasteiger partial charge is 0.267 e. The van der Waals surface area contributed by atoms with Crippen molar-refractivity contribution < 1.29 is 14.3 Å². The quantitative estimate of drug-likeness (QED) is 0.626. The number of hydrogen-bond donors (Lipinski definition) is 1. The highest BCUT2D eigenvalue weighted by molar-refractivity contribution is 7.17. The number of carbonyl (C=O) groups is 1. The van der Waals surface area contributed by atoms with Gasteiger partial charge in [-0.15, -0.1) is 11.3 Å². The van der Waals surface area contributed by atoms with Gasteiger partial charge in [0.1, 0.15) is 22.2 Å². The molecule has 8 heteroatoms. The first-order chi connectivity index (χ1) is 14.7. The van der Waals surface area contributed by atoms with E-state index in [1.165, 1.54) is 11.3 Å². The van der Waals surface area contributed by atoms with Gasteiger partial charge in [-0.05, 0) is 31.2 Å². The molecule has 1 aliphatic heterocycles. The zero-order chi connectivity index (χ0) is 20.8. The van der Waals surface area contributed by atoms with E-state index < -0.39 is 0 Å². The summed E-state index contributed by atoms with van der Waals surface area (Å²) in [5.41, 5.74) is 2.15. The molecule has 1 fully saturated rings. The number of morpholine rings is 1. The lowest BCUT2D eigenvalue weighted by Gasteiger charge is -2.26. The molecule has 1 aromatic carbocycles. The van der Waals surface area contributed by atoms with Crippen molar-refractivity contribution in [3.8, 4) is 16.5 Å². The van der Waals surface area contributed by atoms with Crippen LogP contribution in [0.1, 0.15) is 15.4 Å². The Morgan fingerprint density at radius 2 is 2.10 bits per heavy atom. The van der Waals surface area contributed by atoms with Gasteiger partial charge in [-0.3, -0.25) is 14.7 Å². The van der Waals surface area contributed by atoms with Crippen molar-refractivity contribution >= 4 is 22.9 Å². The molecule has 3 heterocycles. The largest absolute Gasteiger partial charge is 0.492 e. The van der Waals surface area contributed by atoms with Gasteiger partial charge in [-0.1, -0.05) is 12.1 Å². The van der Waals surface area contributed by atoms with E-state index in [0.29, 0.717) is 22.9 Å². The lowest BCUT2D eigenvalue weighted by Crippen LogP contribution is -2.38. The number of carbonyl (C=O) groups excluding carboxylic acids is 1. The molecule has 0 aliphatic carbocycles. The fraction of sp³-hybridized carbons (Fsp3) is 0.318. The van der Waals surface area contributed by atoms with Crippen LogP contribution >= 0.6 is 11.3 Å². The van der Waals surface area contributed by atoms with Gasteiger partial charge in [-0.2, -0.15) is 0 Å². The van der Waals surface area contributed by atoms with Crippen LogP contribution in [0.5, 0.6) is 5.75 Å². The summed E-state index contributed by atoms with van der Waals surface area (Å²) < 4.78 is 11.2. The van der Waals surface area contributed by atoms with E-state index in [2.05, 4.69) is 20.2 Å². The normalized spacial score (nSPS) is 14.4. The van der Waals surface area contributed by atoms with Crippen molar-refractivity contribution in [1.82, 2.24) is 14.9 Å². The number of amides is 1. The van der Waals surface area contributed by atoms with Crippen LogP contribution in [0.25, 0.3) is 10.7 Å². The van der Waals surface area contributed by atoms with Crippen LogP contribution in [0.3, 0.4) is 0 Å². The van der Waals surface area contributed by atoms with Crippen LogP contribution in [-0.2, 0) is 4.74 Å². The molecular weight excluding hydrogens is 400 g/mol. The number of nitrogens with zero attached hydrogens (tertiary/aromatic N) is 3. The van der Waals surface area contributed by atoms with Crippen LogP contribution in [0.2, 0.25) is 0 Å². The van der Waals surface area contributed by atoms with E-state index in [1.54, 1.807) is 6.20 Å². The van der Waals surface area contributed by atoms with Gasteiger partial charge < -0.3 is 14.8 Å². The molecule has 0 atom stereocenters. The molecule has 3 aromatic rings. The lowest BCUT2D eigenvalue weighted by molar-refractivity contribution is 0.0322. The fourth-order valence-electron chi connectivity index (χ4n) is 3.17. The molecule has 1 N–H and O–H groups in total. The SMILES string of the molecule is Cc1nc(-c2ccccn2)sc1C(=O)Nc1cccc(OCCN2CCOCC2)c1. The molecule has 1 aliphatic rings. The molecule has 0 unspecified atom stereocenters. The summed E-state index contributed by atoms with van der Waals surface area (Å²) >= 11 is 1.34. The van der Waals surface area contributed by atoms with Crippen molar-refractivity contribution in [3.05, 3.63) is 59.2 Å². The van der Waals surface area contributed by atoms with E-state index in [9.17, 15) is 4.79 Å². The van der Waals surface area contributed by atoms with Gasteiger partial charge >= 0.3 is 0 Å². The van der Waals surface area contributed by atoms with Crippen LogP contribution < -0.4 is 10.1 Å². The first-order valence-corrected chi connectivity index (χ1v) is 10.7. The maximum atomic E-state index is 12.8. The zero-order valence-electron chi connectivity index (χ0n) is 16.8. The van der Waals surface area contributed by atoms with Crippen molar-refractivity contribution in [3.63, 3.8) is 0 Å². The molecule has 4 rings (SSSR count). The summed E-state index contributed by atoms with van der Waals surface area (Å²) in [7, 11) is 0. The molecular formula is C22H24N4O3S. The topological polar surface area (TPSA) is 76.6 Å². The van der Waals surface area contributed by atoms with E-state index >= 15 is 0 Å². The molecule has 7 nitrogen and oxygen atoms in total. The molecule has 0 radical (unpaired) electrons. The van der Waals surface area contributed by atoms with E-state index in [-0.39, 0.29) is 5.91 Å². The highest BCUT2D eigenvalue weighted by Crippen LogP contribution is 2.27. The summed E-state index contributed by atoms with van der Waals surface area (Å²) in [6, 6.07) is 13.1. The number of anilines is 1. The number of thiazole rings is 1. The van der Waals surface area contributed by atoms with Gasteiger partial charge in [0, 0.05) is 37.6 Å². The number of pyridine rings is 1. The number of rotatable bonds is 7. The van der Waals surface area contributed by atoms with Gasteiger partial charge in [0.2, 0.25) is 0 Å². The first kappa shape index (κ1) is 20.5. The van der Waals surface area contributed by atoms with Gasteiger partial charge in [0.05, 0.1) is 24.6 Å². The standard InChI is InChI=1S/C22H24N4O3S/c1-16-20(30-22(24-16)19-7-2-3-8-23-19)21(27)25-17-5-4-6-18(15-17)29-14-11-26-9-12-28-13-10-26/h2-8,15H,9-14H2,1H3,(H,25,27). The van der Waals surface area contributed by atoms with Crippen LogP contribution in [0.15, 0.2) is 48.7 Å². The second kappa shape index (κ2) is 9.80. The fourth-order valence-corrected chi connectivity index (χ4v) is 4.11. The number of aryl methyl sites for hydroxylation is 1. The minimum atomic E-state index is -0.183. The Kier molecular flexibility index (Phi) is 6.68. The summed E-state index contributed by atoms with van der Waals surface area (Å²) in [6.45, 7) is 6.72. The summed E-state index contributed by atoms with van der Waals surface area (Å²) in [4.78, 5) is 24.5. The average Bonchev–Trinajstić information content (AvgIpc) is 3.17. The number of nitrogens with one attached hydrogen (secondary N) is 1. The molecule has 1 saturated heterocycles. The predicted molar refractivity (Wildman–Crippen MR) is 117 cm³/mol. The summed E-state index contributed by atoms with van der Waals surface area (Å²) in [6.07, 6.45) is 1.72. The minimum Gasteiger partial charge on any atom is -0.492 e. The third-order valence-electron chi connectivity index (χ3n) is 4.76. The Morgan fingerprint density at radius 1 is 1.23 bits per heavy atom. The Balaban J connectivity index is 1.36. The van der Waals surface area contributed by atoms with Crippen LogP contribution in [0, 0.1) is 6.92 Å². The molecule has 0 bridgehead atoms. The average molecular weight is 425 g/mol. The molecule has 156 valence electrons. The Labute approximate surface area is 179 Å². The minimum absolute atomic E-state index is 0.183. The van der Waals surface area contributed by atoms with Gasteiger partial charge in [0.25, 0.3) is 5.91 Å². The van der Waals surface area contributed by atoms with Gasteiger partial charge in [-0.25, -0.2) is 4.98 Å². The second-order valence-electron chi connectivity index (χ2n) is 6.93. The van der Waals surface area contributed by atoms with E-state index in [1.807, 2.05) is 49.4 Å². The van der Waals surface area contributed by atoms with E-state index in [0.717, 1.165) is 49.3 Å². The first-order valence-electron chi connectivity index (χ1n) is 9.92. The highest BCUT2D eigenvalue weighted by atomic mass is 32.1. The van der Waals surface area contributed by atoms with E-state index in [4.69, 9.17) is 9.47 Å². The molecule has 30 heavy (non-hydrogen) atoms. The van der Waals surface area contributed by atoms with Gasteiger partial charge in [0.15, 0.2) is 0 Å². The number of aromatic nitrogens is 2. The van der Waals surface area contributed by atoms with Crippen molar-refractivity contribution in [2.24, 2.45) is 0 Å². The molecule has 0 saturated carbocycles. The predicted octanol–water partition coefficient (Wildman–Crippen LogP) is 3.48. The maximum Gasteiger partial charge on any atom is 0.267 e. The Hall–Kier alpha value is -2.81. The second-order valence-corrected chi connectivity index (χ2v) is 7.93. The third-order valence-corrected chi connectivity index (χ3v) is 5.94. The van der Waals surface area contributed by atoms with Crippen LogP contribution in [0.4, 0.5) is 5.69 Å². The Bertz CT molecular complexity index is 987. The molecule has 2 aromatic heterocycles. The lowest BCUT2D eigenvalue weighted by atomic mass is 10.3. The maximum absolute atomic E-state index is 12.8. The zero-order valence-corrected chi connectivity index (χ0v) is 17.7. The van der Waals surface area contributed by atoms with Crippen molar-refractivity contribution in [1.29, 1.82) is 0 Å². The number of hydrogen-bond acceptors (Lipinski definition) is 7. The summed E-state index contributed by atoms with van der Waals surface area (Å²) in [5.74, 6) is 0.550. The molecule has 1 amide bonds. The van der Waals surface area contributed by atoms with Crippen molar-refractivity contribution in [2.45, 2.75) is 6.92 Å². The highest BCUT2D eigenvalue weighted by Gasteiger charge is 2.17. The third kappa shape index (κ3) is 5.21. The number of ether oxygens (including phenoxy) is 2.